The van der Waals surface area contributed by atoms with Gasteiger partial charge in [0.15, 0.2) is 11.2 Å². The van der Waals surface area contributed by atoms with Gasteiger partial charge < -0.3 is 19.1 Å². The Hall–Kier alpha value is -3.23. The molecule has 0 N–H and O–H groups in total. The standard InChI is InChI=1S/C24H34N6O3/c1-5-6-7-8-13-30-20-21(26(2)24(32)27(3)22(20)31)25-23(30)29-16-14-28(15-17-29)18-9-11-19(33-4)12-10-18/h9-12H,5-8,13-17H2,1-4H3. The van der Waals surface area contributed by atoms with Crippen molar-refractivity contribution in [2.75, 3.05) is 43.1 Å². The van der Waals surface area contributed by atoms with Gasteiger partial charge >= 0.3 is 5.69 Å². The molecule has 4 rings (SSSR count). The second-order valence-electron chi connectivity index (χ2n) is 8.67. The van der Waals surface area contributed by atoms with E-state index in [2.05, 4.69) is 28.9 Å². The number of unbranched alkanes of at least 4 members (excludes halogenated alkanes) is 3. The topological polar surface area (TPSA) is 77.5 Å². The number of hydrogen-bond donors (Lipinski definition) is 0. The van der Waals surface area contributed by atoms with Crippen LogP contribution in [-0.4, -0.2) is 52.0 Å². The highest BCUT2D eigenvalue weighted by molar-refractivity contribution is 5.74. The van der Waals surface area contributed by atoms with Crippen molar-refractivity contribution in [2.24, 2.45) is 14.1 Å². The minimum Gasteiger partial charge on any atom is -0.497 e. The summed E-state index contributed by atoms with van der Waals surface area (Å²) in [7, 11) is 4.89. The van der Waals surface area contributed by atoms with Crippen LogP contribution in [0.15, 0.2) is 33.9 Å². The van der Waals surface area contributed by atoms with Crippen LogP contribution in [0.25, 0.3) is 11.2 Å². The largest absolute Gasteiger partial charge is 0.497 e. The summed E-state index contributed by atoms with van der Waals surface area (Å²) in [5.41, 5.74) is 1.52. The molecule has 0 radical (unpaired) electrons. The highest BCUT2D eigenvalue weighted by Crippen LogP contribution is 2.25. The zero-order valence-electron chi connectivity index (χ0n) is 20.1. The molecule has 0 atom stereocenters. The lowest BCUT2D eigenvalue weighted by Gasteiger charge is -2.36. The molecule has 0 unspecified atom stereocenters. The number of nitrogens with zero attached hydrogens (tertiary/aromatic N) is 6. The molecule has 0 saturated carbocycles. The van der Waals surface area contributed by atoms with E-state index in [1.165, 1.54) is 28.3 Å². The average Bonchev–Trinajstić information content (AvgIpc) is 3.24. The Bertz CT molecular complexity index is 1220. The first-order valence-electron chi connectivity index (χ1n) is 11.8. The predicted molar refractivity (Wildman–Crippen MR) is 132 cm³/mol. The normalized spacial score (nSPS) is 14.3. The third-order valence-electron chi connectivity index (χ3n) is 6.56. The van der Waals surface area contributed by atoms with Crippen molar-refractivity contribution in [3.8, 4) is 5.75 Å². The van der Waals surface area contributed by atoms with E-state index in [1.807, 2.05) is 16.7 Å². The van der Waals surface area contributed by atoms with Gasteiger partial charge in [0.2, 0.25) is 5.95 Å². The van der Waals surface area contributed by atoms with E-state index in [4.69, 9.17) is 9.72 Å². The van der Waals surface area contributed by atoms with Gasteiger partial charge in [0, 0.05) is 52.5 Å². The van der Waals surface area contributed by atoms with Crippen LogP contribution in [0.3, 0.4) is 0 Å². The number of piperazine rings is 1. The van der Waals surface area contributed by atoms with Gasteiger partial charge in [-0.2, -0.15) is 4.98 Å². The summed E-state index contributed by atoms with van der Waals surface area (Å²) < 4.78 is 9.97. The van der Waals surface area contributed by atoms with E-state index in [0.717, 1.165) is 63.7 Å². The van der Waals surface area contributed by atoms with Crippen molar-refractivity contribution >= 4 is 22.8 Å². The highest BCUT2D eigenvalue weighted by atomic mass is 16.5. The van der Waals surface area contributed by atoms with Gasteiger partial charge in [0.05, 0.1) is 7.11 Å². The fourth-order valence-electron chi connectivity index (χ4n) is 4.54. The van der Waals surface area contributed by atoms with E-state index in [-0.39, 0.29) is 11.2 Å². The van der Waals surface area contributed by atoms with Crippen LogP contribution in [0.1, 0.15) is 32.6 Å². The van der Waals surface area contributed by atoms with Gasteiger partial charge in [0.25, 0.3) is 5.56 Å². The second kappa shape index (κ2) is 9.72. The number of hydrogen-bond acceptors (Lipinski definition) is 6. The molecule has 33 heavy (non-hydrogen) atoms. The van der Waals surface area contributed by atoms with Crippen molar-refractivity contribution in [2.45, 2.75) is 39.2 Å². The van der Waals surface area contributed by atoms with Crippen LogP contribution in [-0.2, 0) is 20.6 Å². The number of rotatable bonds is 8. The Morgan fingerprint density at radius 1 is 0.909 bits per heavy atom. The molecule has 9 nitrogen and oxygen atoms in total. The highest BCUT2D eigenvalue weighted by Gasteiger charge is 2.25. The molecule has 1 saturated heterocycles. The van der Waals surface area contributed by atoms with E-state index < -0.39 is 0 Å². The van der Waals surface area contributed by atoms with Gasteiger partial charge in [-0.1, -0.05) is 26.2 Å². The minimum atomic E-state index is -0.348. The SMILES string of the molecule is CCCCCCn1c(N2CCN(c3ccc(OC)cc3)CC2)nc2c1c(=O)n(C)c(=O)n2C. The van der Waals surface area contributed by atoms with Gasteiger partial charge in [-0.15, -0.1) is 0 Å². The number of aryl methyl sites for hydroxylation is 2. The Kier molecular flexibility index (Phi) is 6.76. The molecule has 3 aromatic rings. The summed E-state index contributed by atoms with van der Waals surface area (Å²) in [6.45, 7) is 6.19. The van der Waals surface area contributed by atoms with E-state index in [9.17, 15) is 9.59 Å². The predicted octanol–water partition coefficient (Wildman–Crippen LogP) is 2.35. The molecule has 1 aliphatic rings. The lowest BCUT2D eigenvalue weighted by Crippen LogP contribution is -2.47. The lowest BCUT2D eigenvalue weighted by atomic mass is 10.2. The summed E-state index contributed by atoms with van der Waals surface area (Å²) in [6.07, 6.45) is 4.40. The number of methoxy groups -OCH3 is 1. The third-order valence-corrected chi connectivity index (χ3v) is 6.56. The molecule has 0 spiro atoms. The van der Waals surface area contributed by atoms with Gasteiger partial charge in [-0.25, -0.2) is 4.79 Å². The molecule has 9 heteroatoms. The summed E-state index contributed by atoms with van der Waals surface area (Å²) >= 11 is 0. The molecule has 3 heterocycles. The maximum absolute atomic E-state index is 13.0. The number of benzene rings is 1. The summed E-state index contributed by atoms with van der Waals surface area (Å²) in [5.74, 6) is 1.63. The number of aromatic nitrogens is 4. The fraction of sp³-hybridized carbons (Fsp3) is 0.542. The number of fused-ring (bicyclic) bond motifs is 1. The van der Waals surface area contributed by atoms with Crippen LogP contribution in [0.4, 0.5) is 11.6 Å². The molecule has 2 aromatic heterocycles. The van der Waals surface area contributed by atoms with Crippen LogP contribution in [0.5, 0.6) is 5.75 Å². The minimum absolute atomic E-state index is 0.279. The molecule has 1 fully saturated rings. The molecular weight excluding hydrogens is 420 g/mol. The summed E-state index contributed by atoms with van der Waals surface area (Å²) in [6, 6.07) is 8.12. The van der Waals surface area contributed by atoms with E-state index in [1.54, 1.807) is 14.2 Å². The zero-order valence-corrected chi connectivity index (χ0v) is 20.1. The number of ether oxygens (including phenoxy) is 1. The third kappa shape index (κ3) is 4.36. The average molecular weight is 455 g/mol. The van der Waals surface area contributed by atoms with Crippen molar-refractivity contribution in [1.82, 2.24) is 18.7 Å². The van der Waals surface area contributed by atoms with E-state index in [0.29, 0.717) is 11.2 Å². The Balaban J connectivity index is 1.63. The zero-order chi connectivity index (χ0) is 23.5. The van der Waals surface area contributed by atoms with Crippen LogP contribution in [0.2, 0.25) is 0 Å². The van der Waals surface area contributed by atoms with Crippen LogP contribution in [0, 0.1) is 0 Å². The molecule has 0 bridgehead atoms. The van der Waals surface area contributed by atoms with Crippen molar-refractivity contribution in [3.05, 3.63) is 45.1 Å². The Labute approximate surface area is 193 Å². The first kappa shape index (κ1) is 22.9. The number of imidazole rings is 1. The summed E-state index contributed by atoms with van der Waals surface area (Å²) in [4.78, 5) is 34.9. The first-order valence-corrected chi connectivity index (χ1v) is 11.8. The van der Waals surface area contributed by atoms with Crippen LogP contribution >= 0.6 is 0 Å². The maximum Gasteiger partial charge on any atom is 0.332 e. The van der Waals surface area contributed by atoms with Crippen molar-refractivity contribution < 1.29 is 4.74 Å². The lowest BCUT2D eigenvalue weighted by molar-refractivity contribution is 0.415. The van der Waals surface area contributed by atoms with Crippen molar-refractivity contribution in [3.63, 3.8) is 0 Å². The Morgan fingerprint density at radius 2 is 1.58 bits per heavy atom. The van der Waals surface area contributed by atoms with Gasteiger partial charge in [0.1, 0.15) is 5.75 Å². The summed E-state index contributed by atoms with van der Waals surface area (Å²) in [5, 5.41) is 0. The Morgan fingerprint density at radius 3 is 2.21 bits per heavy atom. The molecule has 178 valence electrons. The number of anilines is 2. The van der Waals surface area contributed by atoms with Gasteiger partial charge in [-0.05, 0) is 30.7 Å². The fourth-order valence-corrected chi connectivity index (χ4v) is 4.54. The monoisotopic (exact) mass is 454 g/mol. The van der Waals surface area contributed by atoms with E-state index >= 15 is 0 Å². The molecule has 0 aliphatic carbocycles. The van der Waals surface area contributed by atoms with Gasteiger partial charge in [-0.3, -0.25) is 13.9 Å². The first-order chi connectivity index (χ1) is 16.0. The molecule has 0 amide bonds. The molecule has 1 aliphatic heterocycles. The molecule has 1 aromatic carbocycles. The maximum atomic E-state index is 13.0. The van der Waals surface area contributed by atoms with Crippen molar-refractivity contribution in [1.29, 1.82) is 0 Å². The smallest absolute Gasteiger partial charge is 0.332 e. The van der Waals surface area contributed by atoms with Crippen LogP contribution < -0.4 is 25.8 Å². The molecular formula is C24H34N6O3. The quantitative estimate of drug-likeness (QED) is 0.487. The second-order valence-corrected chi connectivity index (χ2v) is 8.67.